The van der Waals surface area contributed by atoms with Gasteiger partial charge in [-0.25, -0.2) is 0 Å². The Hall–Kier alpha value is -0.890. The Balaban J connectivity index is 0.000000461. The fourth-order valence-corrected chi connectivity index (χ4v) is 1.00. The van der Waals surface area contributed by atoms with E-state index in [1.54, 1.807) is 0 Å². The van der Waals surface area contributed by atoms with Gasteiger partial charge in [-0.15, -0.1) is 0 Å². The third-order valence-electron chi connectivity index (χ3n) is 1.45. The van der Waals surface area contributed by atoms with Crippen molar-refractivity contribution >= 4 is 6.79 Å². The Morgan fingerprint density at radius 3 is 2.73 bits per heavy atom. The SMILES string of the molecule is C=O.CNCC1=CCCC=C1. The molecule has 0 saturated carbocycles. The summed E-state index contributed by atoms with van der Waals surface area (Å²) in [5, 5.41) is 3.12. The molecule has 0 radical (unpaired) electrons. The van der Waals surface area contributed by atoms with Crippen molar-refractivity contribution in [1.82, 2.24) is 5.32 Å². The number of rotatable bonds is 2. The minimum Gasteiger partial charge on any atom is -0.316 e. The summed E-state index contributed by atoms with van der Waals surface area (Å²) in [6.07, 6.45) is 9.14. The average molecular weight is 153 g/mol. The molecule has 1 aliphatic rings. The van der Waals surface area contributed by atoms with E-state index in [4.69, 9.17) is 4.79 Å². The zero-order valence-electron chi connectivity index (χ0n) is 6.97. The van der Waals surface area contributed by atoms with E-state index in [0.29, 0.717) is 0 Å². The highest BCUT2D eigenvalue weighted by atomic mass is 16.1. The second-order valence-corrected chi connectivity index (χ2v) is 2.29. The maximum absolute atomic E-state index is 8.00. The number of carbonyl (C=O) groups excluding carboxylic acids is 1. The predicted molar refractivity (Wildman–Crippen MR) is 47.5 cm³/mol. The van der Waals surface area contributed by atoms with Gasteiger partial charge in [0.2, 0.25) is 0 Å². The smallest absolute Gasteiger partial charge is 0.106 e. The van der Waals surface area contributed by atoms with Crippen molar-refractivity contribution in [2.45, 2.75) is 12.8 Å². The first-order chi connectivity index (χ1) is 5.43. The molecule has 0 amide bonds. The number of hydrogen-bond donors (Lipinski definition) is 1. The summed E-state index contributed by atoms with van der Waals surface area (Å²) >= 11 is 0. The van der Waals surface area contributed by atoms with Gasteiger partial charge in [0, 0.05) is 6.54 Å². The van der Waals surface area contributed by atoms with Crippen molar-refractivity contribution in [2.75, 3.05) is 13.6 Å². The Morgan fingerprint density at radius 1 is 1.55 bits per heavy atom. The molecule has 0 aromatic heterocycles. The molecule has 2 nitrogen and oxygen atoms in total. The number of carbonyl (C=O) groups is 1. The highest BCUT2D eigenvalue weighted by molar-refractivity contribution is 5.23. The summed E-state index contributed by atoms with van der Waals surface area (Å²) in [6.45, 7) is 3.01. The predicted octanol–water partition coefficient (Wildman–Crippen LogP) is 1.30. The largest absolute Gasteiger partial charge is 0.316 e. The van der Waals surface area contributed by atoms with E-state index in [1.165, 1.54) is 18.4 Å². The summed E-state index contributed by atoms with van der Waals surface area (Å²) in [4.78, 5) is 8.00. The Labute approximate surface area is 68.0 Å². The van der Waals surface area contributed by atoms with Gasteiger partial charge in [0.1, 0.15) is 6.79 Å². The summed E-state index contributed by atoms with van der Waals surface area (Å²) < 4.78 is 0. The molecule has 0 aliphatic heterocycles. The summed E-state index contributed by atoms with van der Waals surface area (Å²) in [7, 11) is 1.98. The first-order valence-electron chi connectivity index (χ1n) is 3.72. The lowest BCUT2D eigenvalue weighted by Gasteiger charge is -2.04. The highest BCUT2D eigenvalue weighted by Crippen LogP contribution is 2.07. The van der Waals surface area contributed by atoms with Crippen LogP contribution >= 0.6 is 0 Å². The van der Waals surface area contributed by atoms with Crippen LogP contribution in [0, 0.1) is 0 Å². The topological polar surface area (TPSA) is 29.1 Å². The second-order valence-electron chi connectivity index (χ2n) is 2.29. The van der Waals surface area contributed by atoms with Crippen LogP contribution < -0.4 is 5.32 Å². The van der Waals surface area contributed by atoms with Gasteiger partial charge in [0.15, 0.2) is 0 Å². The van der Waals surface area contributed by atoms with Crippen molar-refractivity contribution in [2.24, 2.45) is 0 Å². The van der Waals surface area contributed by atoms with Gasteiger partial charge in [0.05, 0.1) is 0 Å². The van der Waals surface area contributed by atoms with E-state index >= 15 is 0 Å². The van der Waals surface area contributed by atoms with Crippen LogP contribution in [0.5, 0.6) is 0 Å². The zero-order valence-corrected chi connectivity index (χ0v) is 6.97. The quantitative estimate of drug-likeness (QED) is 0.647. The first-order valence-corrected chi connectivity index (χ1v) is 3.72. The van der Waals surface area contributed by atoms with Gasteiger partial charge in [-0.2, -0.15) is 0 Å². The normalized spacial score (nSPS) is 14.8. The lowest BCUT2D eigenvalue weighted by atomic mass is 10.1. The molecule has 0 aromatic carbocycles. The van der Waals surface area contributed by atoms with Gasteiger partial charge in [-0.3, -0.25) is 0 Å². The Morgan fingerprint density at radius 2 is 2.27 bits per heavy atom. The van der Waals surface area contributed by atoms with E-state index in [1.807, 2.05) is 13.8 Å². The van der Waals surface area contributed by atoms with Gasteiger partial charge in [0.25, 0.3) is 0 Å². The third-order valence-corrected chi connectivity index (χ3v) is 1.45. The van der Waals surface area contributed by atoms with Crippen LogP contribution in [0.1, 0.15) is 12.8 Å². The fraction of sp³-hybridized carbons (Fsp3) is 0.444. The number of nitrogens with one attached hydrogen (secondary N) is 1. The lowest BCUT2D eigenvalue weighted by Crippen LogP contribution is -2.09. The minimum atomic E-state index is 1.01. The molecule has 0 aromatic rings. The van der Waals surface area contributed by atoms with Crippen LogP contribution in [0.3, 0.4) is 0 Å². The van der Waals surface area contributed by atoms with E-state index in [9.17, 15) is 0 Å². The van der Waals surface area contributed by atoms with Gasteiger partial charge in [-0.05, 0) is 25.5 Å². The Bertz CT molecular complexity index is 150. The monoisotopic (exact) mass is 153 g/mol. The molecule has 0 saturated heterocycles. The third kappa shape index (κ3) is 4.51. The fourth-order valence-electron chi connectivity index (χ4n) is 1.00. The van der Waals surface area contributed by atoms with Crippen molar-refractivity contribution in [3.05, 3.63) is 23.8 Å². The second kappa shape index (κ2) is 7.22. The van der Waals surface area contributed by atoms with E-state index in [0.717, 1.165) is 6.54 Å². The molecule has 0 unspecified atom stereocenters. The van der Waals surface area contributed by atoms with Crippen molar-refractivity contribution in [3.63, 3.8) is 0 Å². The minimum absolute atomic E-state index is 1.01. The molecule has 0 fully saturated rings. The molecule has 1 rings (SSSR count). The molecular formula is C9H15NO. The maximum atomic E-state index is 8.00. The molecule has 62 valence electrons. The molecule has 11 heavy (non-hydrogen) atoms. The van der Waals surface area contributed by atoms with Crippen molar-refractivity contribution in [1.29, 1.82) is 0 Å². The Kier molecular flexibility index (Phi) is 6.64. The van der Waals surface area contributed by atoms with Gasteiger partial charge < -0.3 is 10.1 Å². The molecule has 0 heterocycles. The van der Waals surface area contributed by atoms with Gasteiger partial charge >= 0.3 is 0 Å². The number of hydrogen-bond acceptors (Lipinski definition) is 2. The number of allylic oxidation sites excluding steroid dienone is 2. The van der Waals surface area contributed by atoms with Crippen LogP contribution in [0.25, 0.3) is 0 Å². The maximum Gasteiger partial charge on any atom is 0.106 e. The molecule has 2 heteroatoms. The van der Waals surface area contributed by atoms with Crippen LogP contribution in [0.15, 0.2) is 23.8 Å². The van der Waals surface area contributed by atoms with Crippen molar-refractivity contribution < 1.29 is 4.79 Å². The molecule has 0 atom stereocenters. The van der Waals surface area contributed by atoms with E-state index < -0.39 is 0 Å². The van der Waals surface area contributed by atoms with E-state index in [-0.39, 0.29) is 0 Å². The summed E-state index contributed by atoms with van der Waals surface area (Å²) in [6, 6.07) is 0. The van der Waals surface area contributed by atoms with E-state index in [2.05, 4.69) is 23.5 Å². The average Bonchev–Trinajstić information content (AvgIpc) is 2.11. The van der Waals surface area contributed by atoms with Crippen LogP contribution in [-0.4, -0.2) is 20.4 Å². The summed E-state index contributed by atoms with van der Waals surface area (Å²) in [5.74, 6) is 0. The van der Waals surface area contributed by atoms with Crippen LogP contribution in [0.4, 0.5) is 0 Å². The van der Waals surface area contributed by atoms with Crippen molar-refractivity contribution in [3.8, 4) is 0 Å². The lowest BCUT2D eigenvalue weighted by molar-refractivity contribution is -0.0979. The summed E-state index contributed by atoms with van der Waals surface area (Å²) in [5.41, 5.74) is 1.42. The molecule has 0 spiro atoms. The zero-order chi connectivity index (χ0) is 8.53. The van der Waals surface area contributed by atoms with Crippen LogP contribution in [-0.2, 0) is 4.79 Å². The molecular weight excluding hydrogens is 138 g/mol. The molecule has 1 N–H and O–H groups in total. The van der Waals surface area contributed by atoms with Crippen LogP contribution in [0.2, 0.25) is 0 Å². The first kappa shape index (κ1) is 10.1. The van der Waals surface area contributed by atoms with Gasteiger partial charge in [-0.1, -0.05) is 18.2 Å². The number of likely N-dealkylation sites (N-methyl/N-ethyl adjacent to an activating group) is 1. The molecule has 0 bridgehead atoms. The highest BCUT2D eigenvalue weighted by Gasteiger charge is 1.93. The molecule has 1 aliphatic carbocycles. The standard InChI is InChI=1S/C8H13N.CH2O/c1-9-7-8-5-3-2-4-6-8;1-2/h3,5-6,9H,2,4,7H2,1H3;1H2.